The molecule has 3 aromatic rings. The summed E-state index contributed by atoms with van der Waals surface area (Å²) in [6, 6.07) is 12.6. The maximum absolute atomic E-state index is 6.00. The van der Waals surface area contributed by atoms with E-state index >= 15 is 0 Å². The third kappa shape index (κ3) is 3.57. The van der Waals surface area contributed by atoms with Crippen molar-refractivity contribution in [3.63, 3.8) is 0 Å². The van der Waals surface area contributed by atoms with E-state index in [9.17, 15) is 0 Å². The van der Waals surface area contributed by atoms with Gasteiger partial charge >= 0.3 is 0 Å². The molecule has 0 fully saturated rings. The van der Waals surface area contributed by atoms with Gasteiger partial charge in [-0.15, -0.1) is 12.4 Å². The Morgan fingerprint density at radius 3 is 2.46 bits per heavy atom. The lowest BCUT2D eigenvalue weighted by Gasteiger charge is -2.13. The van der Waals surface area contributed by atoms with Crippen molar-refractivity contribution in [1.29, 1.82) is 0 Å². The molecular formula is C20H25ClN2O. The maximum atomic E-state index is 6.00. The summed E-state index contributed by atoms with van der Waals surface area (Å²) in [5.74, 6) is 1.22. The molecule has 2 aromatic heterocycles. The molecule has 0 aliphatic carbocycles. The van der Waals surface area contributed by atoms with Crippen LogP contribution in [0.3, 0.4) is 0 Å². The van der Waals surface area contributed by atoms with Crippen LogP contribution in [-0.2, 0) is 6.54 Å². The number of nitrogens with zero attached hydrogens (tertiary/aromatic N) is 2. The number of hydrogen-bond acceptors (Lipinski definition) is 2. The Labute approximate surface area is 150 Å². The van der Waals surface area contributed by atoms with Crippen molar-refractivity contribution in [3.05, 3.63) is 59.4 Å². The van der Waals surface area contributed by atoms with E-state index in [1.54, 1.807) is 0 Å². The molecule has 0 spiro atoms. The van der Waals surface area contributed by atoms with E-state index < -0.39 is 0 Å². The zero-order chi connectivity index (χ0) is 16.4. The zero-order valence-electron chi connectivity index (χ0n) is 14.7. The number of halogens is 1. The first-order valence-corrected chi connectivity index (χ1v) is 8.19. The zero-order valence-corrected chi connectivity index (χ0v) is 15.6. The number of hydrogen-bond donors (Lipinski definition) is 0. The predicted octanol–water partition coefficient (Wildman–Crippen LogP) is 5.16. The molecule has 0 saturated heterocycles. The normalized spacial score (nSPS) is 10.9. The van der Waals surface area contributed by atoms with E-state index in [1.165, 1.54) is 22.2 Å². The molecule has 3 nitrogen and oxygen atoms in total. The summed E-state index contributed by atoms with van der Waals surface area (Å²) in [5, 5.41) is 1.23. The second-order valence-electron chi connectivity index (χ2n) is 6.50. The van der Waals surface area contributed by atoms with E-state index in [0.717, 1.165) is 17.9 Å². The molecular weight excluding hydrogens is 320 g/mol. The molecule has 1 aromatic carbocycles. The molecule has 0 atom stereocenters. The molecule has 128 valence electrons. The van der Waals surface area contributed by atoms with E-state index in [1.807, 2.05) is 12.3 Å². The smallest absolute Gasteiger partial charge is 0.238 e. The van der Waals surface area contributed by atoms with Crippen LogP contribution in [0.4, 0.5) is 0 Å². The Kier molecular flexibility index (Phi) is 5.89. The van der Waals surface area contributed by atoms with Gasteiger partial charge in [0, 0.05) is 23.8 Å². The van der Waals surface area contributed by atoms with E-state index in [2.05, 4.69) is 67.6 Å². The van der Waals surface area contributed by atoms with Gasteiger partial charge in [0.05, 0.1) is 6.61 Å². The van der Waals surface area contributed by atoms with Crippen molar-refractivity contribution in [2.45, 2.75) is 34.2 Å². The molecule has 2 heterocycles. The Bertz CT molecular complexity index is 809. The van der Waals surface area contributed by atoms with Crippen LogP contribution in [0, 0.1) is 19.8 Å². The van der Waals surface area contributed by atoms with Gasteiger partial charge in [-0.2, -0.15) is 0 Å². The lowest BCUT2D eigenvalue weighted by molar-refractivity contribution is 0.263. The van der Waals surface area contributed by atoms with Gasteiger partial charge in [0.15, 0.2) is 0 Å². The molecule has 0 aliphatic rings. The van der Waals surface area contributed by atoms with Gasteiger partial charge in [-0.1, -0.05) is 44.2 Å². The molecule has 0 amide bonds. The van der Waals surface area contributed by atoms with Gasteiger partial charge in [-0.3, -0.25) is 0 Å². The van der Waals surface area contributed by atoms with E-state index in [-0.39, 0.29) is 12.4 Å². The van der Waals surface area contributed by atoms with Crippen LogP contribution in [0.5, 0.6) is 5.88 Å². The number of benzene rings is 1. The minimum Gasteiger partial charge on any atom is -0.476 e. The second-order valence-corrected chi connectivity index (χ2v) is 6.50. The molecule has 3 rings (SSSR count). The van der Waals surface area contributed by atoms with Crippen molar-refractivity contribution >= 4 is 23.3 Å². The Morgan fingerprint density at radius 2 is 1.79 bits per heavy atom. The molecule has 24 heavy (non-hydrogen) atoms. The summed E-state index contributed by atoms with van der Waals surface area (Å²) >= 11 is 0. The third-order valence-electron chi connectivity index (χ3n) is 4.25. The minimum absolute atomic E-state index is 0. The lowest BCUT2D eigenvalue weighted by atomic mass is 10.2. The largest absolute Gasteiger partial charge is 0.476 e. The van der Waals surface area contributed by atoms with Crippen molar-refractivity contribution in [1.82, 2.24) is 9.55 Å². The third-order valence-corrected chi connectivity index (χ3v) is 4.25. The fraction of sp³-hybridized carbons (Fsp3) is 0.350. The lowest BCUT2D eigenvalue weighted by Crippen LogP contribution is -2.08. The van der Waals surface area contributed by atoms with Gasteiger partial charge in [0.2, 0.25) is 5.88 Å². The summed E-state index contributed by atoms with van der Waals surface area (Å²) in [7, 11) is 0. The molecule has 0 bridgehead atoms. The molecule has 4 heteroatoms. The van der Waals surface area contributed by atoms with E-state index in [4.69, 9.17) is 4.74 Å². The maximum Gasteiger partial charge on any atom is 0.238 e. The van der Waals surface area contributed by atoms with Crippen molar-refractivity contribution in [2.75, 3.05) is 6.61 Å². The van der Waals surface area contributed by atoms with Gasteiger partial charge in [-0.25, -0.2) is 4.98 Å². The van der Waals surface area contributed by atoms with Crippen LogP contribution in [0.25, 0.3) is 10.9 Å². The highest BCUT2D eigenvalue weighted by Crippen LogP contribution is 2.31. The summed E-state index contributed by atoms with van der Waals surface area (Å²) in [4.78, 5) is 4.49. The minimum atomic E-state index is 0. The summed E-state index contributed by atoms with van der Waals surface area (Å²) < 4.78 is 8.32. The predicted molar refractivity (Wildman–Crippen MR) is 102 cm³/mol. The van der Waals surface area contributed by atoms with Crippen LogP contribution in [-0.4, -0.2) is 16.2 Å². The van der Waals surface area contributed by atoms with Crippen LogP contribution < -0.4 is 4.74 Å². The van der Waals surface area contributed by atoms with Gasteiger partial charge in [0.25, 0.3) is 0 Å². The summed E-state index contributed by atoms with van der Waals surface area (Å²) in [6.45, 7) is 10.2. The van der Waals surface area contributed by atoms with Crippen LogP contribution in [0.1, 0.15) is 30.7 Å². The van der Waals surface area contributed by atoms with Gasteiger partial charge < -0.3 is 9.30 Å². The standard InChI is InChI=1S/C20H24N2O.ClH/c1-14(2)13-23-20-19-18(10-11-21-20)15(3)16(4)22(19)12-17-8-6-5-7-9-17;/h5-11,14H,12-13H2,1-4H3;1H. The molecule has 0 saturated carbocycles. The Morgan fingerprint density at radius 1 is 1.08 bits per heavy atom. The van der Waals surface area contributed by atoms with E-state index in [0.29, 0.717) is 12.5 Å². The fourth-order valence-corrected chi connectivity index (χ4v) is 2.88. The number of pyridine rings is 1. The first-order valence-electron chi connectivity index (χ1n) is 8.19. The summed E-state index contributed by atoms with van der Waals surface area (Å²) in [6.07, 6.45) is 1.84. The molecule has 0 N–H and O–H groups in total. The highest BCUT2D eigenvalue weighted by molar-refractivity contribution is 5.89. The number of fused-ring (bicyclic) bond motifs is 1. The summed E-state index contributed by atoms with van der Waals surface area (Å²) in [5.41, 5.74) is 4.96. The van der Waals surface area contributed by atoms with Crippen LogP contribution in [0.15, 0.2) is 42.6 Å². The number of rotatable bonds is 5. The number of ether oxygens (including phenoxy) is 1. The Balaban J connectivity index is 0.00000208. The van der Waals surface area contributed by atoms with Crippen molar-refractivity contribution < 1.29 is 4.74 Å². The Hall–Kier alpha value is -2.00. The topological polar surface area (TPSA) is 27.1 Å². The van der Waals surface area contributed by atoms with Crippen LogP contribution in [0.2, 0.25) is 0 Å². The monoisotopic (exact) mass is 344 g/mol. The van der Waals surface area contributed by atoms with Gasteiger partial charge in [0.1, 0.15) is 5.52 Å². The fourth-order valence-electron chi connectivity index (χ4n) is 2.88. The average Bonchev–Trinajstić information content (AvgIpc) is 2.79. The SMILES string of the molecule is Cc1c(C)n(Cc2ccccc2)c2c(OCC(C)C)nccc12.Cl. The molecule has 0 unspecified atom stereocenters. The second kappa shape index (κ2) is 7.71. The van der Waals surface area contributed by atoms with Crippen molar-refractivity contribution in [2.24, 2.45) is 5.92 Å². The number of aryl methyl sites for hydroxylation is 1. The van der Waals surface area contributed by atoms with Crippen molar-refractivity contribution in [3.8, 4) is 5.88 Å². The first-order chi connectivity index (χ1) is 11.1. The average molecular weight is 345 g/mol. The van der Waals surface area contributed by atoms with Crippen LogP contribution >= 0.6 is 12.4 Å². The first kappa shape index (κ1) is 18.3. The van der Waals surface area contributed by atoms with Gasteiger partial charge in [-0.05, 0) is 37.0 Å². The molecule has 0 aliphatic heterocycles. The highest BCUT2D eigenvalue weighted by atomic mass is 35.5. The molecule has 0 radical (unpaired) electrons. The number of aromatic nitrogens is 2. The highest BCUT2D eigenvalue weighted by Gasteiger charge is 2.16. The quantitative estimate of drug-likeness (QED) is 0.639.